The second-order valence-corrected chi connectivity index (χ2v) is 7.02. The summed E-state index contributed by atoms with van der Waals surface area (Å²) < 4.78 is 21.1. The van der Waals surface area contributed by atoms with Gasteiger partial charge in [0.15, 0.2) is 0 Å². The predicted molar refractivity (Wildman–Crippen MR) is 113 cm³/mol. The van der Waals surface area contributed by atoms with Gasteiger partial charge >= 0.3 is 6.03 Å². The summed E-state index contributed by atoms with van der Waals surface area (Å²) in [6.45, 7) is 1.74. The first-order valence-corrected chi connectivity index (χ1v) is 9.62. The number of amides is 2. The lowest BCUT2D eigenvalue weighted by atomic mass is 10.2. The van der Waals surface area contributed by atoms with Gasteiger partial charge in [0.05, 0.1) is 18.8 Å². The number of carbonyl (C=O) groups is 1. The van der Waals surface area contributed by atoms with Gasteiger partial charge < -0.3 is 19.5 Å². The lowest BCUT2D eigenvalue weighted by molar-refractivity contribution is 0.151. The highest BCUT2D eigenvalue weighted by atomic mass is 35.5. The van der Waals surface area contributed by atoms with E-state index >= 15 is 0 Å². The number of nitrogens with zero attached hydrogens (tertiary/aromatic N) is 2. The first-order valence-electron chi connectivity index (χ1n) is 9.24. The van der Waals surface area contributed by atoms with Crippen molar-refractivity contribution in [1.82, 2.24) is 9.47 Å². The molecule has 0 aliphatic heterocycles. The van der Waals surface area contributed by atoms with E-state index in [0.29, 0.717) is 31.3 Å². The van der Waals surface area contributed by atoms with Crippen LogP contribution < -0.4 is 5.32 Å². The fraction of sp³-hybridized carbons (Fsp3) is 0.227. The molecule has 7 heteroatoms. The molecule has 0 aliphatic rings. The van der Waals surface area contributed by atoms with E-state index in [4.69, 9.17) is 16.3 Å². The molecule has 29 heavy (non-hydrogen) atoms. The van der Waals surface area contributed by atoms with Crippen LogP contribution in [0.15, 0.2) is 66.9 Å². The lowest BCUT2D eigenvalue weighted by Gasteiger charge is -2.24. The van der Waals surface area contributed by atoms with Crippen molar-refractivity contribution in [2.45, 2.75) is 13.1 Å². The van der Waals surface area contributed by atoms with E-state index in [9.17, 15) is 9.18 Å². The van der Waals surface area contributed by atoms with Crippen LogP contribution in [0.2, 0.25) is 5.02 Å². The second kappa shape index (κ2) is 10.1. The Hall–Kier alpha value is -2.83. The molecule has 2 aromatic carbocycles. The third-order valence-corrected chi connectivity index (χ3v) is 4.72. The monoisotopic (exact) mass is 415 g/mol. The average molecular weight is 416 g/mol. The zero-order valence-electron chi connectivity index (χ0n) is 16.1. The number of ether oxygens (including phenoxy) is 1. The molecule has 0 spiro atoms. The summed E-state index contributed by atoms with van der Waals surface area (Å²) in [6.07, 6.45) is 1.96. The maximum Gasteiger partial charge on any atom is 0.322 e. The van der Waals surface area contributed by atoms with Crippen molar-refractivity contribution < 1.29 is 13.9 Å². The molecule has 0 unspecified atom stereocenters. The number of rotatable bonds is 8. The van der Waals surface area contributed by atoms with E-state index in [-0.39, 0.29) is 11.7 Å². The van der Waals surface area contributed by atoms with Gasteiger partial charge in [-0.1, -0.05) is 35.9 Å². The number of methoxy groups -OCH3 is 1. The minimum Gasteiger partial charge on any atom is -0.383 e. The van der Waals surface area contributed by atoms with Gasteiger partial charge in [0, 0.05) is 37.1 Å². The Kier molecular flexibility index (Phi) is 7.27. The highest BCUT2D eigenvalue weighted by molar-refractivity contribution is 6.30. The normalized spacial score (nSPS) is 10.7. The Morgan fingerprint density at radius 1 is 1.17 bits per heavy atom. The number of carbonyl (C=O) groups excluding carboxylic acids is 1. The number of para-hydroxylation sites is 1. The Morgan fingerprint density at radius 3 is 2.76 bits per heavy atom. The molecule has 2 amide bonds. The van der Waals surface area contributed by atoms with Gasteiger partial charge in [0.1, 0.15) is 5.82 Å². The fourth-order valence-corrected chi connectivity index (χ4v) is 3.20. The number of urea groups is 1. The van der Waals surface area contributed by atoms with E-state index in [0.717, 1.165) is 11.3 Å². The predicted octanol–water partition coefficient (Wildman–Crippen LogP) is 5.01. The highest BCUT2D eigenvalue weighted by Gasteiger charge is 2.17. The summed E-state index contributed by atoms with van der Waals surface area (Å²) in [5, 5.41) is 3.32. The number of anilines is 1. The Bertz CT molecular complexity index is 960. The van der Waals surface area contributed by atoms with Gasteiger partial charge in [-0.3, -0.25) is 0 Å². The Labute approximate surface area is 174 Å². The number of benzene rings is 2. The number of nitrogens with one attached hydrogen (secondary N) is 1. The van der Waals surface area contributed by atoms with Crippen molar-refractivity contribution in [3.05, 3.63) is 89.0 Å². The minimum absolute atomic E-state index is 0.147. The molecule has 3 rings (SSSR count). The van der Waals surface area contributed by atoms with Crippen molar-refractivity contribution in [2.75, 3.05) is 25.6 Å². The molecule has 3 aromatic rings. The van der Waals surface area contributed by atoms with Gasteiger partial charge in [0.25, 0.3) is 0 Å². The number of hydrogen-bond acceptors (Lipinski definition) is 2. The zero-order valence-corrected chi connectivity index (χ0v) is 16.9. The van der Waals surface area contributed by atoms with Crippen LogP contribution >= 0.6 is 11.6 Å². The summed E-state index contributed by atoms with van der Waals surface area (Å²) in [7, 11) is 1.58. The smallest absolute Gasteiger partial charge is 0.322 e. The maximum absolute atomic E-state index is 13.9. The van der Waals surface area contributed by atoms with Crippen LogP contribution in [0.4, 0.5) is 14.9 Å². The van der Waals surface area contributed by atoms with Crippen LogP contribution in [0.25, 0.3) is 0 Å². The first-order chi connectivity index (χ1) is 14.1. The summed E-state index contributed by atoms with van der Waals surface area (Å²) in [5.74, 6) is -0.475. The van der Waals surface area contributed by atoms with Crippen molar-refractivity contribution in [3.8, 4) is 0 Å². The molecule has 0 saturated heterocycles. The van der Waals surface area contributed by atoms with Crippen molar-refractivity contribution in [3.63, 3.8) is 0 Å². The Balaban J connectivity index is 1.74. The first kappa shape index (κ1) is 20.9. The van der Waals surface area contributed by atoms with Crippen LogP contribution in [0.5, 0.6) is 0 Å². The third kappa shape index (κ3) is 5.82. The van der Waals surface area contributed by atoms with Crippen molar-refractivity contribution >= 4 is 23.3 Å². The SMILES string of the molecule is COCCN(Cc1cccn1Cc1cccc(Cl)c1)C(=O)Nc1ccccc1F. The van der Waals surface area contributed by atoms with E-state index in [1.807, 2.05) is 42.6 Å². The summed E-state index contributed by atoms with van der Waals surface area (Å²) >= 11 is 6.08. The lowest BCUT2D eigenvalue weighted by Crippen LogP contribution is -2.37. The van der Waals surface area contributed by atoms with E-state index < -0.39 is 5.82 Å². The molecule has 0 radical (unpaired) electrons. The van der Waals surface area contributed by atoms with Crippen LogP contribution in [-0.2, 0) is 17.8 Å². The molecule has 0 atom stereocenters. The van der Waals surface area contributed by atoms with Crippen LogP contribution in [0, 0.1) is 5.82 Å². The molecule has 5 nitrogen and oxygen atoms in total. The van der Waals surface area contributed by atoms with Crippen molar-refractivity contribution in [2.24, 2.45) is 0 Å². The molecular weight excluding hydrogens is 393 g/mol. The quantitative estimate of drug-likeness (QED) is 0.562. The van der Waals surface area contributed by atoms with E-state index in [2.05, 4.69) is 9.88 Å². The molecule has 152 valence electrons. The minimum atomic E-state index is -0.475. The summed E-state index contributed by atoms with van der Waals surface area (Å²) in [6, 6.07) is 17.3. The fourth-order valence-electron chi connectivity index (χ4n) is 2.99. The summed E-state index contributed by atoms with van der Waals surface area (Å²) in [5.41, 5.74) is 2.16. The molecule has 1 N–H and O–H groups in total. The topological polar surface area (TPSA) is 46.5 Å². The Morgan fingerprint density at radius 2 is 2.00 bits per heavy atom. The third-order valence-electron chi connectivity index (χ3n) is 4.49. The van der Waals surface area contributed by atoms with Crippen LogP contribution in [0.1, 0.15) is 11.3 Å². The number of hydrogen-bond donors (Lipinski definition) is 1. The maximum atomic E-state index is 13.9. The second-order valence-electron chi connectivity index (χ2n) is 6.58. The molecule has 1 aromatic heterocycles. The molecule has 0 fully saturated rings. The molecule has 1 heterocycles. The van der Waals surface area contributed by atoms with Crippen molar-refractivity contribution in [1.29, 1.82) is 0 Å². The van der Waals surface area contributed by atoms with E-state index in [1.165, 1.54) is 12.1 Å². The largest absolute Gasteiger partial charge is 0.383 e. The van der Waals surface area contributed by atoms with Crippen LogP contribution in [0.3, 0.4) is 0 Å². The van der Waals surface area contributed by atoms with Gasteiger partial charge in [-0.2, -0.15) is 0 Å². The molecular formula is C22H23ClFN3O2. The molecule has 0 saturated carbocycles. The number of aromatic nitrogens is 1. The standard InChI is InChI=1S/C22H23ClFN3O2/c1-29-13-12-27(22(28)25-21-10-3-2-9-20(21)24)16-19-8-5-11-26(19)15-17-6-4-7-18(23)14-17/h2-11,14H,12-13,15-16H2,1H3,(H,25,28). The van der Waals surface area contributed by atoms with Gasteiger partial charge in [-0.15, -0.1) is 0 Å². The van der Waals surface area contributed by atoms with Gasteiger partial charge in [0.2, 0.25) is 0 Å². The van der Waals surface area contributed by atoms with Crippen LogP contribution in [-0.4, -0.2) is 35.8 Å². The van der Waals surface area contributed by atoms with E-state index in [1.54, 1.807) is 24.1 Å². The van der Waals surface area contributed by atoms with Gasteiger partial charge in [-0.25, -0.2) is 9.18 Å². The van der Waals surface area contributed by atoms with Gasteiger partial charge in [-0.05, 0) is 42.0 Å². The summed E-state index contributed by atoms with van der Waals surface area (Å²) in [4.78, 5) is 14.4. The average Bonchev–Trinajstić information content (AvgIpc) is 3.13. The highest BCUT2D eigenvalue weighted by Crippen LogP contribution is 2.17. The zero-order chi connectivity index (χ0) is 20.6. The molecule has 0 aliphatic carbocycles. The molecule has 0 bridgehead atoms. The number of halogens is 2.